The van der Waals surface area contributed by atoms with Gasteiger partial charge in [0.1, 0.15) is 5.75 Å². The SMILES string of the molecule is COc1ccc2c(c1)[C@H](C(=O)NCc1n[nH]c3c1CCCCC3)CC(=O)N2. The molecule has 0 unspecified atom stereocenters. The van der Waals surface area contributed by atoms with Gasteiger partial charge in [0.05, 0.1) is 25.3 Å². The number of H-pyrrole nitrogens is 1. The fraction of sp³-hybridized carbons (Fsp3) is 0.450. The summed E-state index contributed by atoms with van der Waals surface area (Å²) in [5.74, 6) is -0.173. The Morgan fingerprint density at radius 1 is 1.30 bits per heavy atom. The second kappa shape index (κ2) is 7.42. The molecule has 2 heterocycles. The molecule has 0 bridgehead atoms. The van der Waals surface area contributed by atoms with Gasteiger partial charge in [0.25, 0.3) is 0 Å². The monoisotopic (exact) mass is 368 g/mol. The third kappa shape index (κ3) is 3.54. The second-order valence-corrected chi connectivity index (χ2v) is 7.16. The third-order valence-electron chi connectivity index (χ3n) is 5.44. The second-order valence-electron chi connectivity index (χ2n) is 7.16. The van der Waals surface area contributed by atoms with Gasteiger partial charge in [0.15, 0.2) is 0 Å². The number of fused-ring (bicyclic) bond motifs is 2. The summed E-state index contributed by atoms with van der Waals surface area (Å²) in [5, 5.41) is 13.3. The largest absolute Gasteiger partial charge is 0.497 e. The molecule has 1 atom stereocenters. The zero-order valence-corrected chi connectivity index (χ0v) is 15.4. The summed E-state index contributed by atoms with van der Waals surface area (Å²) in [6.07, 6.45) is 5.71. The van der Waals surface area contributed by atoms with Crippen LogP contribution in [0, 0.1) is 0 Å². The van der Waals surface area contributed by atoms with E-state index >= 15 is 0 Å². The summed E-state index contributed by atoms with van der Waals surface area (Å²) >= 11 is 0. The van der Waals surface area contributed by atoms with Crippen LogP contribution in [0.25, 0.3) is 0 Å². The van der Waals surface area contributed by atoms with Crippen molar-refractivity contribution in [1.82, 2.24) is 15.5 Å². The maximum absolute atomic E-state index is 12.9. The lowest BCUT2D eigenvalue weighted by atomic mass is 9.89. The van der Waals surface area contributed by atoms with Gasteiger partial charge in [-0.15, -0.1) is 0 Å². The first kappa shape index (κ1) is 17.6. The van der Waals surface area contributed by atoms with E-state index < -0.39 is 5.92 Å². The molecule has 0 radical (unpaired) electrons. The number of aromatic amines is 1. The Labute approximate surface area is 157 Å². The maximum atomic E-state index is 12.9. The Balaban J connectivity index is 1.51. The molecule has 1 aliphatic heterocycles. The molecule has 2 aliphatic rings. The van der Waals surface area contributed by atoms with Crippen molar-refractivity contribution < 1.29 is 14.3 Å². The molecule has 142 valence electrons. The van der Waals surface area contributed by atoms with Crippen LogP contribution < -0.4 is 15.4 Å². The van der Waals surface area contributed by atoms with Crippen molar-refractivity contribution in [3.63, 3.8) is 0 Å². The zero-order valence-electron chi connectivity index (χ0n) is 15.4. The Morgan fingerprint density at radius 3 is 3.00 bits per heavy atom. The first-order chi connectivity index (χ1) is 13.2. The van der Waals surface area contributed by atoms with Gasteiger partial charge in [-0.2, -0.15) is 5.10 Å². The van der Waals surface area contributed by atoms with Crippen LogP contribution in [0.4, 0.5) is 5.69 Å². The lowest BCUT2D eigenvalue weighted by Crippen LogP contribution is -2.35. The van der Waals surface area contributed by atoms with Crippen molar-refractivity contribution in [1.29, 1.82) is 0 Å². The van der Waals surface area contributed by atoms with Crippen molar-refractivity contribution in [2.75, 3.05) is 12.4 Å². The van der Waals surface area contributed by atoms with E-state index in [0.29, 0.717) is 18.0 Å². The van der Waals surface area contributed by atoms with E-state index in [1.807, 2.05) is 6.07 Å². The molecule has 7 heteroatoms. The minimum absolute atomic E-state index is 0.130. The lowest BCUT2D eigenvalue weighted by molar-refractivity contribution is -0.126. The minimum atomic E-state index is -0.526. The van der Waals surface area contributed by atoms with Crippen molar-refractivity contribution in [2.24, 2.45) is 0 Å². The standard InChI is InChI=1S/C20H24N4O3/c1-27-12-7-8-16-14(9-12)15(10-19(25)22-16)20(26)21-11-18-13-5-3-2-4-6-17(13)23-24-18/h7-9,15H,2-6,10-11H2,1H3,(H,21,26)(H,22,25)(H,23,24)/t15-/m1/s1. The van der Waals surface area contributed by atoms with E-state index in [1.54, 1.807) is 19.2 Å². The molecule has 0 fully saturated rings. The fourth-order valence-corrected chi connectivity index (χ4v) is 3.97. The number of methoxy groups -OCH3 is 1. The molecule has 2 aromatic rings. The number of nitrogens with one attached hydrogen (secondary N) is 3. The molecule has 3 N–H and O–H groups in total. The molecular weight excluding hydrogens is 344 g/mol. The topological polar surface area (TPSA) is 96.1 Å². The normalized spacial score (nSPS) is 18.7. The van der Waals surface area contributed by atoms with E-state index in [0.717, 1.165) is 30.5 Å². The summed E-state index contributed by atoms with van der Waals surface area (Å²) in [5.41, 5.74) is 4.81. The molecular formula is C20H24N4O3. The smallest absolute Gasteiger partial charge is 0.228 e. The van der Waals surface area contributed by atoms with Crippen LogP contribution in [0.15, 0.2) is 18.2 Å². The van der Waals surface area contributed by atoms with Crippen molar-refractivity contribution in [2.45, 2.75) is 51.0 Å². The fourth-order valence-electron chi connectivity index (χ4n) is 3.97. The predicted molar refractivity (Wildman–Crippen MR) is 101 cm³/mol. The van der Waals surface area contributed by atoms with Crippen LogP contribution in [0.1, 0.15) is 54.1 Å². The van der Waals surface area contributed by atoms with Gasteiger partial charge in [-0.05, 0) is 55.0 Å². The molecule has 1 aromatic carbocycles. The van der Waals surface area contributed by atoms with Gasteiger partial charge >= 0.3 is 0 Å². The third-order valence-corrected chi connectivity index (χ3v) is 5.44. The summed E-state index contributed by atoms with van der Waals surface area (Å²) in [6, 6.07) is 5.37. The molecule has 1 aromatic heterocycles. The Kier molecular flexibility index (Phi) is 4.83. The van der Waals surface area contributed by atoms with Gasteiger partial charge in [-0.1, -0.05) is 6.42 Å². The van der Waals surface area contributed by atoms with Gasteiger partial charge in [0.2, 0.25) is 11.8 Å². The molecule has 4 rings (SSSR count). The Hall–Kier alpha value is -2.83. The van der Waals surface area contributed by atoms with Gasteiger partial charge in [0, 0.05) is 17.8 Å². The molecule has 0 saturated carbocycles. The lowest BCUT2D eigenvalue weighted by Gasteiger charge is -2.25. The number of hydrogen-bond acceptors (Lipinski definition) is 4. The van der Waals surface area contributed by atoms with E-state index in [9.17, 15) is 9.59 Å². The highest BCUT2D eigenvalue weighted by molar-refractivity contribution is 6.01. The molecule has 1 aliphatic carbocycles. The number of rotatable bonds is 4. The number of aryl methyl sites for hydroxylation is 1. The average Bonchev–Trinajstić information content (AvgIpc) is 2.91. The molecule has 27 heavy (non-hydrogen) atoms. The number of ether oxygens (including phenoxy) is 1. The van der Waals surface area contributed by atoms with E-state index in [1.165, 1.54) is 24.1 Å². The summed E-state index contributed by atoms with van der Waals surface area (Å²) < 4.78 is 5.27. The van der Waals surface area contributed by atoms with Crippen LogP contribution >= 0.6 is 0 Å². The Morgan fingerprint density at radius 2 is 2.15 bits per heavy atom. The number of benzene rings is 1. The van der Waals surface area contributed by atoms with Crippen LogP contribution in [0.3, 0.4) is 0 Å². The van der Waals surface area contributed by atoms with E-state index in [4.69, 9.17) is 4.74 Å². The average molecular weight is 368 g/mol. The van der Waals surface area contributed by atoms with Crippen molar-refractivity contribution in [3.05, 3.63) is 40.7 Å². The van der Waals surface area contributed by atoms with E-state index in [-0.39, 0.29) is 18.2 Å². The minimum Gasteiger partial charge on any atom is -0.497 e. The van der Waals surface area contributed by atoms with Crippen molar-refractivity contribution >= 4 is 17.5 Å². The molecule has 0 spiro atoms. The highest BCUT2D eigenvalue weighted by Crippen LogP contribution is 2.35. The number of amides is 2. The first-order valence-electron chi connectivity index (χ1n) is 9.46. The molecule has 7 nitrogen and oxygen atoms in total. The number of hydrogen-bond donors (Lipinski definition) is 3. The van der Waals surface area contributed by atoms with Crippen LogP contribution in [-0.4, -0.2) is 29.1 Å². The predicted octanol–water partition coefficient (Wildman–Crippen LogP) is 2.43. The van der Waals surface area contributed by atoms with Gasteiger partial charge < -0.3 is 15.4 Å². The van der Waals surface area contributed by atoms with Crippen LogP contribution in [0.5, 0.6) is 5.75 Å². The highest BCUT2D eigenvalue weighted by atomic mass is 16.5. The first-order valence-corrected chi connectivity index (χ1v) is 9.46. The number of aromatic nitrogens is 2. The number of carbonyl (C=O) groups is 2. The number of carbonyl (C=O) groups excluding carboxylic acids is 2. The molecule has 2 amide bonds. The summed E-state index contributed by atoms with van der Waals surface area (Å²) in [4.78, 5) is 24.9. The quantitative estimate of drug-likeness (QED) is 0.722. The van der Waals surface area contributed by atoms with Gasteiger partial charge in [-0.25, -0.2) is 0 Å². The van der Waals surface area contributed by atoms with Crippen LogP contribution in [-0.2, 0) is 29.0 Å². The number of nitrogens with zero attached hydrogens (tertiary/aromatic N) is 1. The maximum Gasteiger partial charge on any atom is 0.228 e. The molecule has 0 saturated heterocycles. The Bertz CT molecular complexity index is 874. The highest BCUT2D eigenvalue weighted by Gasteiger charge is 2.31. The van der Waals surface area contributed by atoms with Gasteiger partial charge in [-0.3, -0.25) is 14.7 Å². The summed E-state index contributed by atoms with van der Waals surface area (Å²) in [6.45, 7) is 0.377. The number of anilines is 1. The summed E-state index contributed by atoms with van der Waals surface area (Å²) in [7, 11) is 1.58. The van der Waals surface area contributed by atoms with Crippen molar-refractivity contribution in [3.8, 4) is 5.75 Å². The van der Waals surface area contributed by atoms with Crippen LogP contribution in [0.2, 0.25) is 0 Å². The van der Waals surface area contributed by atoms with E-state index in [2.05, 4.69) is 20.8 Å². The zero-order chi connectivity index (χ0) is 18.8.